The highest BCUT2D eigenvalue weighted by atomic mass is 32.2. The van der Waals surface area contributed by atoms with Gasteiger partial charge in [-0.25, -0.2) is 0 Å². The number of fused-ring (bicyclic) bond motifs is 1. The Labute approximate surface area is 89.6 Å². The summed E-state index contributed by atoms with van der Waals surface area (Å²) in [6.45, 7) is 6.04. The van der Waals surface area contributed by atoms with Crippen molar-refractivity contribution in [2.24, 2.45) is 0 Å². The topological polar surface area (TPSA) is 12.0 Å². The molecule has 0 fully saturated rings. The van der Waals surface area contributed by atoms with Crippen LogP contribution in [0.2, 0.25) is 0 Å². The number of nitrogens with one attached hydrogen (secondary N) is 1. The minimum atomic E-state index is 0.521. The Kier molecular flexibility index (Phi) is 2.82. The van der Waals surface area contributed by atoms with Crippen molar-refractivity contribution in [3.8, 4) is 0 Å². The van der Waals surface area contributed by atoms with E-state index in [4.69, 9.17) is 0 Å². The van der Waals surface area contributed by atoms with Crippen molar-refractivity contribution in [2.45, 2.75) is 29.5 Å². The molecule has 2 rings (SSSR count). The molecule has 1 aromatic rings. The largest absolute Gasteiger partial charge is 0.381 e. The highest BCUT2D eigenvalue weighted by Gasteiger charge is 2.23. The van der Waals surface area contributed by atoms with E-state index in [0.29, 0.717) is 11.3 Å². The van der Waals surface area contributed by atoms with Crippen molar-refractivity contribution in [1.29, 1.82) is 0 Å². The van der Waals surface area contributed by atoms with E-state index in [1.807, 2.05) is 17.8 Å². The van der Waals surface area contributed by atoms with Crippen LogP contribution in [0.15, 0.2) is 41.8 Å². The average Bonchev–Trinajstić information content (AvgIpc) is 2.19. The summed E-state index contributed by atoms with van der Waals surface area (Å²) in [4.78, 5) is 1.36. The van der Waals surface area contributed by atoms with Gasteiger partial charge >= 0.3 is 0 Å². The van der Waals surface area contributed by atoms with Crippen molar-refractivity contribution in [2.75, 3.05) is 5.32 Å². The first-order valence-electron chi connectivity index (χ1n) is 4.94. The molecule has 1 aliphatic heterocycles. The van der Waals surface area contributed by atoms with Crippen molar-refractivity contribution >= 4 is 17.4 Å². The second-order valence-corrected chi connectivity index (χ2v) is 4.89. The summed E-state index contributed by atoms with van der Waals surface area (Å²) in [7, 11) is 0. The fraction of sp³-hybridized carbons (Fsp3) is 0.333. The second-order valence-electron chi connectivity index (χ2n) is 3.61. The quantitative estimate of drug-likeness (QED) is 0.741. The van der Waals surface area contributed by atoms with Crippen LogP contribution < -0.4 is 5.32 Å². The van der Waals surface area contributed by atoms with Crippen LogP contribution >= 0.6 is 11.8 Å². The van der Waals surface area contributed by atoms with E-state index in [-0.39, 0.29) is 0 Å². The van der Waals surface area contributed by atoms with Gasteiger partial charge in [0.2, 0.25) is 0 Å². The van der Waals surface area contributed by atoms with Gasteiger partial charge in [0.25, 0.3) is 0 Å². The normalized spacial score (nSPS) is 24.9. The Bertz CT molecular complexity index is 335. The molecule has 1 heterocycles. The first-order chi connectivity index (χ1) is 6.81. The highest BCUT2D eigenvalue weighted by Crippen LogP contribution is 2.38. The molecule has 0 aliphatic carbocycles. The molecule has 0 spiro atoms. The van der Waals surface area contributed by atoms with Crippen LogP contribution in [0.5, 0.6) is 0 Å². The van der Waals surface area contributed by atoms with Crippen LogP contribution in [-0.2, 0) is 0 Å². The molecular weight excluding hydrogens is 190 g/mol. The zero-order valence-electron chi connectivity index (χ0n) is 8.36. The molecule has 2 unspecified atom stereocenters. The van der Waals surface area contributed by atoms with Gasteiger partial charge < -0.3 is 5.32 Å². The average molecular weight is 205 g/mol. The molecule has 74 valence electrons. The Morgan fingerprint density at radius 3 is 3.07 bits per heavy atom. The maximum absolute atomic E-state index is 3.80. The molecule has 0 aromatic heterocycles. The van der Waals surface area contributed by atoms with Crippen LogP contribution in [0.1, 0.15) is 13.3 Å². The fourth-order valence-electron chi connectivity index (χ4n) is 1.71. The smallest absolute Gasteiger partial charge is 0.0480 e. The van der Waals surface area contributed by atoms with Crippen molar-refractivity contribution in [1.82, 2.24) is 0 Å². The third kappa shape index (κ3) is 1.80. The van der Waals surface area contributed by atoms with Gasteiger partial charge in [-0.05, 0) is 25.5 Å². The van der Waals surface area contributed by atoms with E-state index < -0.39 is 0 Å². The molecular formula is C12H15NS. The maximum Gasteiger partial charge on any atom is 0.0480 e. The van der Waals surface area contributed by atoms with E-state index in [0.717, 1.165) is 6.42 Å². The van der Waals surface area contributed by atoms with E-state index in [1.165, 1.54) is 10.6 Å². The van der Waals surface area contributed by atoms with Gasteiger partial charge in [0.15, 0.2) is 0 Å². The minimum Gasteiger partial charge on any atom is -0.381 e. The predicted molar refractivity (Wildman–Crippen MR) is 64.0 cm³/mol. The lowest BCUT2D eigenvalue weighted by molar-refractivity contribution is 0.726. The number of anilines is 1. The summed E-state index contributed by atoms with van der Waals surface area (Å²) in [6.07, 6.45) is 3.07. The summed E-state index contributed by atoms with van der Waals surface area (Å²) in [5, 5.41) is 4.14. The lowest BCUT2D eigenvalue weighted by Gasteiger charge is -2.31. The molecule has 0 amide bonds. The molecule has 14 heavy (non-hydrogen) atoms. The Balaban J connectivity index is 2.22. The summed E-state index contributed by atoms with van der Waals surface area (Å²) >= 11 is 1.96. The van der Waals surface area contributed by atoms with Gasteiger partial charge in [-0.1, -0.05) is 18.2 Å². The third-order valence-electron chi connectivity index (χ3n) is 2.51. The summed E-state index contributed by atoms with van der Waals surface area (Å²) in [6, 6.07) is 9.01. The molecule has 1 nitrogen and oxygen atoms in total. The molecule has 0 bridgehead atoms. The van der Waals surface area contributed by atoms with Gasteiger partial charge in [0, 0.05) is 21.9 Å². The molecule has 1 N–H and O–H groups in total. The first-order valence-corrected chi connectivity index (χ1v) is 5.82. The number of hydrogen-bond donors (Lipinski definition) is 1. The molecule has 1 aromatic carbocycles. The SMILES string of the molecule is C=CCC1Sc2ccccc2NC1C. The second kappa shape index (κ2) is 4.09. The van der Waals surface area contributed by atoms with Crippen molar-refractivity contribution < 1.29 is 0 Å². The van der Waals surface area contributed by atoms with Gasteiger partial charge in [-0.2, -0.15) is 0 Å². The lowest BCUT2D eigenvalue weighted by Crippen LogP contribution is -2.31. The summed E-state index contributed by atoms with van der Waals surface area (Å²) in [5.74, 6) is 0. The number of allylic oxidation sites excluding steroid dienone is 1. The Hall–Kier alpha value is -0.890. The minimum absolute atomic E-state index is 0.521. The van der Waals surface area contributed by atoms with Crippen LogP contribution in [0, 0.1) is 0 Å². The Morgan fingerprint density at radius 1 is 1.50 bits per heavy atom. The fourth-order valence-corrected chi connectivity index (χ4v) is 2.95. The first kappa shape index (κ1) is 9.66. The van der Waals surface area contributed by atoms with E-state index in [2.05, 4.69) is 43.1 Å². The third-order valence-corrected chi connectivity index (χ3v) is 4.02. The van der Waals surface area contributed by atoms with Gasteiger partial charge in [0.05, 0.1) is 0 Å². The molecule has 1 aliphatic rings. The monoisotopic (exact) mass is 205 g/mol. The van der Waals surface area contributed by atoms with Gasteiger partial charge in [-0.15, -0.1) is 18.3 Å². The van der Waals surface area contributed by atoms with Crippen LogP contribution in [0.25, 0.3) is 0 Å². The molecule has 2 heteroatoms. The number of rotatable bonds is 2. The van der Waals surface area contributed by atoms with Crippen molar-refractivity contribution in [3.63, 3.8) is 0 Å². The molecule has 2 atom stereocenters. The van der Waals surface area contributed by atoms with Gasteiger partial charge in [-0.3, -0.25) is 0 Å². The summed E-state index contributed by atoms with van der Waals surface area (Å²) in [5.41, 5.74) is 1.27. The van der Waals surface area contributed by atoms with Crippen LogP contribution in [0.4, 0.5) is 5.69 Å². The predicted octanol–water partition coefficient (Wildman–Crippen LogP) is 3.54. The maximum atomic E-state index is 3.80. The number of thioether (sulfide) groups is 1. The Morgan fingerprint density at radius 2 is 2.29 bits per heavy atom. The zero-order valence-corrected chi connectivity index (χ0v) is 9.18. The molecule has 0 radical (unpaired) electrons. The van der Waals surface area contributed by atoms with Crippen molar-refractivity contribution in [3.05, 3.63) is 36.9 Å². The lowest BCUT2D eigenvalue weighted by atomic mass is 10.1. The van der Waals surface area contributed by atoms with Crippen LogP contribution in [0.3, 0.4) is 0 Å². The van der Waals surface area contributed by atoms with E-state index in [1.54, 1.807) is 0 Å². The zero-order chi connectivity index (χ0) is 9.97. The molecule has 0 saturated heterocycles. The molecule has 0 saturated carbocycles. The summed E-state index contributed by atoms with van der Waals surface area (Å²) < 4.78 is 0. The van der Waals surface area contributed by atoms with Gasteiger partial charge in [0.1, 0.15) is 0 Å². The van der Waals surface area contributed by atoms with E-state index >= 15 is 0 Å². The highest BCUT2D eigenvalue weighted by molar-refractivity contribution is 8.00. The number of hydrogen-bond acceptors (Lipinski definition) is 2. The van der Waals surface area contributed by atoms with Crippen LogP contribution in [-0.4, -0.2) is 11.3 Å². The number of para-hydroxylation sites is 1. The number of benzene rings is 1. The van der Waals surface area contributed by atoms with E-state index in [9.17, 15) is 0 Å². The standard InChI is InChI=1S/C12H15NS/c1-3-6-11-9(2)13-10-7-4-5-8-12(10)14-11/h3-5,7-9,11,13H,1,6H2,2H3.